The molecule has 5 rings (SSSR count). The van der Waals surface area contributed by atoms with Crippen LogP contribution in [0, 0.1) is 0 Å². The van der Waals surface area contributed by atoms with Crippen molar-refractivity contribution in [1.82, 2.24) is 5.32 Å². The van der Waals surface area contributed by atoms with E-state index in [-0.39, 0.29) is 25.4 Å². The first kappa shape index (κ1) is 27.3. The maximum absolute atomic E-state index is 9.85. The second kappa shape index (κ2) is 12.2. The topological polar surface area (TPSA) is 87.6 Å². The van der Waals surface area contributed by atoms with E-state index in [9.17, 15) is 5.11 Å². The third-order valence-corrected chi connectivity index (χ3v) is 8.38. The largest absolute Gasteiger partial charge is 0.394 e. The van der Waals surface area contributed by atoms with Crippen LogP contribution in [0.3, 0.4) is 0 Å². The molecule has 11 heteroatoms. The Morgan fingerprint density at radius 1 is 1.00 bits per heavy atom. The molecule has 0 saturated carbocycles. The molecule has 8 nitrogen and oxygen atoms in total. The van der Waals surface area contributed by atoms with Gasteiger partial charge in [-0.25, -0.2) is 0 Å². The van der Waals surface area contributed by atoms with E-state index < -0.39 is 38.4 Å². The second-order valence-corrected chi connectivity index (χ2v) is 10.7. The Bertz CT molecular complexity index is 1020. The minimum Gasteiger partial charge on any atom is -0.394 e. The number of nitrogens with one attached hydrogen (secondary N) is 1. The van der Waals surface area contributed by atoms with Crippen molar-refractivity contribution in [2.24, 2.45) is 0 Å². The van der Waals surface area contributed by atoms with Gasteiger partial charge in [-0.05, 0) is 29.5 Å². The van der Waals surface area contributed by atoms with Crippen LogP contribution < -0.4 is 5.32 Å². The molecule has 2 fully saturated rings. The highest BCUT2D eigenvalue weighted by atomic mass is 31.2. The minimum atomic E-state index is -1.96. The van der Waals surface area contributed by atoms with Gasteiger partial charge < -0.3 is 33.7 Å². The van der Waals surface area contributed by atoms with Crippen LogP contribution in [0.25, 0.3) is 0 Å². The average Bonchev–Trinajstić information content (AvgIpc) is 3.48. The summed E-state index contributed by atoms with van der Waals surface area (Å²) < 4.78 is 36.6. The summed E-state index contributed by atoms with van der Waals surface area (Å²) in [5, 5.41) is 13.4. The summed E-state index contributed by atoms with van der Waals surface area (Å²) >= 11 is 0. The molecule has 3 aliphatic heterocycles. The number of hydrogen-bond acceptors (Lipinski definition) is 8. The van der Waals surface area contributed by atoms with Crippen LogP contribution >= 0.6 is 8.60 Å². The van der Waals surface area contributed by atoms with Gasteiger partial charge in [0.25, 0.3) is 0 Å². The summed E-state index contributed by atoms with van der Waals surface area (Å²) in [6.07, 6.45) is -0.629. The molecule has 3 heterocycles. The van der Waals surface area contributed by atoms with E-state index in [0.717, 1.165) is 23.2 Å². The highest BCUT2D eigenvalue weighted by molar-refractivity contribution is 7.41. The van der Waals surface area contributed by atoms with Crippen molar-refractivity contribution < 1.29 is 32.9 Å². The summed E-state index contributed by atoms with van der Waals surface area (Å²) in [6.45, 7) is 1.20. The molecule has 2 saturated heterocycles. The van der Waals surface area contributed by atoms with E-state index in [1.165, 1.54) is 0 Å². The van der Waals surface area contributed by atoms with Gasteiger partial charge in [0, 0.05) is 32.2 Å². The lowest BCUT2D eigenvalue weighted by Gasteiger charge is -2.41. The SMILES string of the molecule is [B][C@H]1CC(OC)[C@@H](COP(OC2C[C@H]([B])O[C@@H]2CO)O[C@]2(c3ccccc3)CNCc3ccccc32)O1. The molecule has 0 amide bonds. The number of aliphatic hydroxyl groups excluding tert-OH is 1. The Kier molecular flexibility index (Phi) is 9.02. The molecular formula is C26H32B2NO7P. The van der Waals surface area contributed by atoms with Gasteiger partial charge >= 0.3 is 8.60 Å². The predicted molar refractivity (Wildman–Crippen MR) is 140 cm³/mol. The lowest BCUT2D eigenvalue weighted by Crippen LogP contribution is -2.45. The Morgan fingerprint density at radius 3 is 2.46 bits per heavy atom. The lowest BCUT2D eigenvalue weighted by atomic mass is 9.81. The molecule has 8 atom stereocenters. The molecule has 0 spiro atoms. The Hall–Kier alpha value is -1.32. The van der Waals surface area contributed by atoms with Crippen LogP contribution in [0.2, 0.25) is 0 Å². The molecule has 0 aromatic heterocycles. The number of methoxy groups -OCH3 is 1. The van der Waals surface area contributed by atoms with E-state index in [2.05, 4.69) is 17.4 Å². The Morgan fingerprint density at radius 2 is 1.70 bits per heavy atom. The van der Waals surface area contributed by atoms with Crippen molar-refractivity contribution in [1.29, 1.82) is 0 Å². The average molecular weight is 523 g/mol. The van der Waals surface area contributed by atoms with Crippen LogP contribution in [0.1, 0.15) is 29.5 Å². The number of ether oxygens (including phenoxy) is 3. The van der Waals surface area contributed by atoms with Gasteiger partial charge in [0.05, 0.1) is 25.4 Å². The summed E-state index contributed by atoms with van der Waals surface area (Å²) in [5.41, 5.74) is 2.29. The summed E-state index contributed by atoms with van der Waals surface area (Å²) in [6, 6.07) is 17.3. The van der Waals surface area contributed by atoms with Crippen LogP contribution in [-0.4, -0.2) is 84.1 Å². The van der Waals surface area contributed by atoms with Gasteiger partial charge in [-0.15, -0.1) is 0 Å². The first-order chi connectivity index (χ1) is 18.0. The van der Waals surface area contributed by atoms with Gasteiger partial charge in [0.1, 0.15) is 33.5 Å². The molecule has 0 aliphatic carbocycles. The Labute approximate surface area is 222 Å². The molecule has 37 heavy (non-hydrogen) atoms. The second-order valence-electron chi connectivity index (χ2n) is 9.56. The van der Waals surface area contributed by atoms with Gasteiger partial charge in [0.15, 0.2) is 0 Å². The van der Waals surface area contributed by atoms with E-state index in [1.54, 1.807) is 7.11 Å². The van der Waals surface area contributed by atoms with Gasteiger partial charge in [-0.3, -0.25) is 4.52 Å². The van der Waals surface area contributed by atoms with E-state index in [4.69, 9.17) is 43.5 Å². The summed E-state index contributed by atoms with van der Waals surface area (Å²) in [7, 11) is 11.7. The van der Waals surface area contributed by atoms with Crippen LogP contribution in [0.15, 0.2) is 54.6 Å². The van der Waals surface area contributed by atoms with Crippen molar-refractivity contribution in [2.45, 2.75) is 61.4 Å². The van der Waals surface area contributed by atoms with Crippen LogP contribution in [-0.2, 0) is 39.9 Å². The fourth-order valence-corrected chi connectivity index (χ4v) is 6.64. The maximum atomic E-state index is 9.85. The lowest BCUT2D eigenvalue weighted by molar-refractivity contribution is -0.0379. The quantitative estimate of drug-likeness (QED) is 0.363. The summed E-state index contributed by atoms with van der Waals surface area (Å²) in [4.78, 5) is 0. The number of rotatable bonds is 10. The normalized spacial score (nSPS) is 34.3. The molecule has 0 bridgehead atoms. The Balaban J connectivity index is 1.46. The smallest absolute Gasteiger partial charge is 0.334 e. The molecular weight excluding hydrogens is 491 g/mol. The highest BCUT2D eigenvalue weighted by Gasteiger charge is 2.45. The molecule has 2 aromatic rings. The fraction of sp³-hybridized carbons (Fsp3) is 0.538. The van der Waals surface area contributed by atoms with Crippen molar-refractivity contribution in [2.75, 3.05) is 26.9 Å². The number of benzene rings is 2. The van der Waals surface area contributed by atoms with E-state index in [0.29, 0.717) is 19.4 Å². The van der Waals surface area contributed by atoms with Crippen LogP contribution in [0.4, 0.5) is 0 Å². The number of fused-ring (bicyclic) bond motifs is 1. The van der Waals surface area contributed by atoms with Gasteiger partial charge in [-0.2, -0.15) is 0 Å². The summed E-state index contributed by atoms with van der Waals surface area (Å²) in [5.74, 6) is 0. The maximum Gasteiger partial charge on any atom is 0.334 e. The first-order valence-electron chi connectivity index (χ1n) is 12.6. The molecule has 3 aliphatic rings. The van der Waals surface area contributed by atoms with Crippen molar-refractivity contribution in [3.63, 3.8) is 0 Å². The van der Waals surface area contributed by atoms with E-state index >= 15 is 0 Å². The monoisotopic (exact) mass is 523 g/mol. The third-order valence-electron chi connectivity index (χ3n) is 7.12. The van der Waals surface area contributed by atoms with Crippen LogP contribution in [0.5, 0.6) is 0 Å². The zero-order valence-corrected chi connectivity index (χ0v) is 21.8. The molecule has 4 radical (unpaired) electrons. The third kappa shape index (κ3) is 5.98. The van der Waals surface area contributed by atoms with E-state index in [1.807, 2.05) is 42.5 Å². The first-order valence-corrected chi connectivity index (χ1v) is 13.7. The standard InChI is InChI=1S/C26H32B2NO7P/c1-31-20-11-24(27)34-23(20)15-32-37(35-21-12-25(28)33-22(21)14-30)36-26(18-8-3-2-4-9-18)16-29-13-17-7-5-6-10-19(17)26/h2-10,20-25,29-30H,11-16H2,1H3/t20?,21?,22-,23-,24-,25-,26+,37?/m1/s1. The predicted octanol–water partition coefficient (Wildman–Crippen LogP) is 2.25. The van der Waals surface area contributed by atoms with Gasteiger partial charge in [0.2, 0.25) is 0 Å². The minimum absolute atomic E-state index is 0.168. The number of hydrogen-bond donors (Lipinski definition) is 2. The van der Waals surface area contributed by atoms with Crippen molar-refractivity contribution >= 4 is 24.3 Å². The zero-order chi connectivity index (χ0) is 25.8. The highest BCUT2D eigenvalue weighted by Crippen LogP contribution is 2.53. The molecule has 2 aromatic carbocycles. The zero-order valence-electron chi connectivity index (χ0n) is 20.9. The fourth-order valence-electron chi connectivity index (χ4n) is 5.25. The molecule has 194 valence electrons. The van der Waals surface area contributed by atoms with Gasteiger partial charge in [-0.1, -0.05) is 54.6 Å². The molecule has 2 N–H and O–H groups in total. The number of aliphatic hydroxyl groups is 1. The molecule has 3 unspecified atom stereocenters. The van der Waals surface area contributed by atoms with Crippen molar-refractivity contribution in [3.8, 4) is 0 Å². The van der Waals surface area contributed by atoms with Crippen molar-refractivity contribution in [3.05, 3.63) is 71.3 Å².